The fourth-order valence-electron chi connectivity index (χ4n) is 1.30. The van der Waals surface area contributed by atoms with E-state index in [2.05, 4.69) is 10.5 Å². The molecule has 2 rings (SSSR count). The Kier molecular flexibility index (Phi) is 3.66. The van der Waals surface area contributed by atoms with E-state index in [0.717, 1.165) is 11.3 Å². The van der Waals surface area contributed by atoms with Crippen molar-refractivity contribution in [2.24, 2.45) is 5.10 Å². The third-order valence-electron chi connectivity index (χ3n) is 2.09. The first-order valence-corrected chi connectivity index (χ1v) is 5.95. The quantitative estimate of drug-likeness (QED) is 0.658. The molecule has 0 saturated carbocycles. The summed E-state index contributed by atoms with van der Waals surface area (Å²) in [5.74, 6) is 0. The molecule has 0 bridgehead atoms. The van der Waals surface area contributed by atoms with E-state index in [0.29, 0.717) is 5.69 Å². The number of halogens is 3. The molecule has 0 amide bonds. The van der Waals surface area contributed by atoms with Crippen LogP contribution in [0.15, 0.2) is 52.9 Å². The molecule has 2 aromatic rings. The number of rotatable bonds is 3. The second-order valence-corrected chi connectivity index (χ2v) is 4.36. The zero-order chi connectivity index (χ0) is 13.0. The van der Waals surface area contributed by atoms with Crippen molar-refractivity contribution >= 4 is 22.7 Å². The summed E-state index contributed by atoms with van der Waals surface area (Å²) in [6, 6.07) is 11.5. The lowest BCUT2D eigenvalue weighted by atomic mass is 10.3. The van der Waals surface area contributed by atoms with Crippen LogP contribution in [-0.2, 0) is 0 Å². The number of nitrogens with one attached hydrogen (secondary N) is 1. The summed E-state index contributed by atoms with van der Waals surface area (Å²) in [4.78, 5) is 0.0888. The summed E-state index contributed by atoms with van der Waals surface area (Å²) in [7, 11) is 0. The molecule has 1 aromatic heterocycles. The van der Waals surface area contributed by atoms with E-state index in [1.165, 1.54) is 6.07 Å². The van der Waals surface area contributed by atoms with Gasteiger partial charge in [0.15, 0.2) is 5.71 Å². The van der Waals surface area contributed by atoms with Crippen LogP contribution < -0.4 is 5.43 Å². The molecular formula is C12H9F3N2S. The van der Waals surface area contributed by atoms with Gasteiger partial charge in [-0.1, -0.05) is 24.3 Å². The predicted molar refractivity (Wildman–Crippen MR) is 67.0 cm³/mol. The molecule has 0 saturated heterocycles. The molecule has 2 nitrogen and oxygen atoms in total. The van der Waals surface area contributed by atoms with Crippen LogP contribution in [0, 0.1) is 0 Å². The van der Waals surface area contributed by atoms with Gasteiger partial charge in [-0.2, -0.15) is 18.3 Å². The van der Waals surface area contributed by atoms with Crippen LogP contribution in [-0.4, -0.2) is 11.9 Å². The number of para-hydroxylation sites is 1. The van der Waals surface area contributed by atoms with Gasteiger partial charge in [0, 0.05) is 0 Å². The lowest BCUT2D eigenvalue weighted by Gasteiger charge is -2.09. The SMILES string of the molecule is FC(F)(F)/C(=N\Nc1ccccc1)c1cccs1. The molecule has 94 valence electrons. The number of hydrazone groups is 1. The van der Waals surface area contributed by atoms with E-state index in [-0.39, 0.29) is 4.88 Å². The maximum absolute atomic E-state index is 12.8. The molecule has 0 spiro atoms. The minimum Gasteiger partial charge on any atom is -0.278 e. The highest BCUT2D eigenvalue weighted by Crippen LogP contribution is 2.25. The Labute approximate surface area is 106 Å². The number of anilines is 1. The maximum Gasteiger partial charge on any atom is 0.436 e. The first-order valence-electron chi connectivity index (χ1n) is 5.07. The standard InChI is InChI=1S/C12H9F3N2S/c13-12(14,15)11(10-7-4-8-18-10)17-16-9-5-2-1-3-6-9/h1-8,16H/b17-11-. The van der Waals surface area contributed by atoms with E-state index in [4.69, 9.17) is 0 Å². The summed E-state index contributed by atoms with van der Waals surface area (Å²) < 4.78 is 38.5. The summed E-state index contributed by atoms with van der Waals surface area (Å²) in [6.45, 7) is 0. The van der Waals surface area contributed by atoms with Crippen LogP contribution in [0.3, 0.4) is 0 Å². The maximum atomic E-state index is 12.8. The number of nitrogens with zero attached hydrogens (tertiary/aromatic N) is 1. The van der Waals surface area contributed by atoms with Crippen molar-refractivity contribution in [3.8, 4) is 0 Å². The van der Waals surface area contributed by atoms with E-state index in [9.17, 15) is 13.2 Å². The third-order valence-corrected chi connectivity index (χ3v) is 2.97. The number of hydrogen-bond acceptors (Lipinski definition) is 3. The van der Waals surface area contributed by atoms with Crippen LogP contribution in [0.1, 0.15) is 4.88 Å². The highest BCUT2D eigenvalue weighted by Gasteiger charge is 2.37. The van der Waals surface area contributed by atoms with Gasteiger partial charge in [-0.05, 0) is 23.6 Å². The Balaban J connectivity index is 2.25. The Hall–Kier alpha value is -1.82. The van der Waals surface area contributed by atoms with Gasteiger partial charge >= 0.3 is 6.18 Å². The fraction of sp³-hybridized carbons (Fsp3) is 0.0833. The van der Waals surface area contributed by atoms with E-state index in [1.54, 1.807) is 41.8 Å². The van der Waals surface area contributed by atoms with Crippen molar-refractivity contribution in [3.05, 3.63) is 52.7 Å². The Morgan fingerprint density at radius 2 is 1.78 bits per heavy atom. The Bertz CT molecular complexity index is 518. The molecule has 1 heterocycles. The molecule has 0 atom stereocenters. The van der Waals surface area contributed by atoms with Crippen molar-refractivity contribution in [1.82, 2.24) is 0 Å². The lowest BCUT2D eigenvalue weighted by Crippen LogP contribution is -2.24. The van der Waals surface area contributed by atoms with Crippen LogP contribution in [0.4, 0.5) is 18.9 Å². The fourth-order valence-corrected chi connectivity index (χ4v) is 2.04. The Morgan fingerprint density at radius 1 is 1.06 bits per heavy atom. The summed E-state index contributed by atoms with van der Waals surface area (Å²) in [6.07, 6.45) is -4.48. The highest BCUT2D eigenvalue weighted by atomic mass is 32.1. The van der Waals surface area contributed by atoms with Gasteiger partial charge in [-0.25, -0.2) is 0 Å². The van der Waals surface area contributed by atoms with Crippen molar-refractivity contribution < 1.29 is 13.2 Å². The minimum absolute atomic E-state index is 0.0888. The smallest absolute Gasteiger partial charge is 0.278 e. The molecule has 0 aliphatic carbocycles. The molecule has 0 fully saturated rings. The average molecular weight is 270 g/mol. The molecule has 0 unspecified atom stereocenters. The molecule has 0 aliphatic heterocycles. The number of hydrogen-bond donors (Lipinski definition) is 1. The van der Waals surface area contributed by atoms with Gasteiger partial charge < -0.3 is 0 Å². The third kappa shape index (κ3) is 3.10. The van der Waals surface area contributed by atoms with E-state index >= 15 is 0 Å². The predicted octanol–water partition coefficient (Wildman–Crippen LogP) is 4.13. The van der Waals surface area contributed by atoms with Crippen molar-refractivity contribution in [1.29, 1.82) is 0 Å². The molecule has 1 aromatic carbocycles. The van der Waals surface area contributed by atoms with Gasteiger partial charge in [0.05, 0.1) is 10.6 Å². The van der Waals surface area contributed by atoms with Crippen molar-refractivity contribution in [2.45, 2.75) is 6.18 Å². The van der Waals surface area contributed by atoms with Gasteiger partial charge in [0.25, 0.3) is 0 Å². The highest BCUT2D eigenvalue weighted by molar-refractivity contribution is 7.12. The molecular weight excluding hydrogens is 261 g/mol. The minimum atomic E-state index is -4.48. The average Bonchev–Trinajstić information content (AvgIpc) is 2.82. The van der Waals surface area contributed by atoms with Crippen molar-refractivity contribution in [2.75, 3.05) is 5.43 Å². The van der Waals surface area contributed by atoms with Gasteiger partial charge in [-0.15, -0.1) is 11.3 Å². The zero-order valence-corrected chi connectivity index (χ0v) is 9.92. The first-order chi connectivity index (χ1) is 8.57. The summed E-state index contributed by atoms with van der Waals surface area (Å²) in [5.41, 5.74) is 2.01. The van der Waals surface area contributed by atoms with Crippen LogP contribution >= 0.6 is 11.3 Å². The molecule has 18 heavy (non-hydrogen) atoms. The number of alkyl halides is 3. The van der Waals surface area contributed by atoms with Crippen LogP contribution in [0.5, 0.6) is 0 Å². The molecule has 1 N–H and O–H groups in total. The van der Waals surface area contributed by atoms with E-state index in [1.807, 2.05) is 0 Å². The van der Waals surface area contributed by atoms with Crippen molar-refractivity contribution in [3.63, 3.8) is 0 Å². The van der Waals surface area contributed by atoms with Crippen LogP contribution in [0.2, 0.25) is 0 Å². The number of benzene rings is 1. The van der Waals surface area contributed by atoms with E-state index < -0.39 is 11.9 Å². The first kappa shape index (κ1) is 12.6. The van der Waals surface area contributed by atoms with Gasteiger partial charge in [-0.3, -0.25) is 5.43 Å². The largest absolute Gasteiger partial charge is 0.436 e. The molecule has 6 heteroatoms. The monoisotopic (exact) mass is 270 g/mol. The molecule has 0 aliphatic rings. The molecule has 0 radical (unpaired) electrons. The summed E-state index contributed by atoms with van der Waals surface area (Å²) >= 11 is 1.00. The zero-order valence-electron chi connectivity index (χ0n) is 9.11. The topological polar surface area (TPSA) is 24.4 Å². The van der Waals surface area contributed by atoms with Gasteiger partial charge in [0.2, 0.25) is 0 Å². The normalized spacial score (nSPS) is 12.5. The summed E-state index contributed by atoms with van der Waals surface area (Å²) in [5, 5.41) is 5.04. The number of thiophene rings is 1. The van der Waals surface area contributed by atoms with Gasteiger partial charge in [0.1, 0.15) is 0 Å². The Morgan fingerprint density at radius 3 is 2.33 bits per heavy atom. The second kappa shape index (κ2) is 5.22. The second-order valence-electron chi connectivity index (χ2n) is 3.41. The van der Waals surface area contributed by atoms with Crippen LogP contribution in [0.25, 0.3) is 0 Å². The lowest BCUT2D eigenvalue weighted by molar-refractivity contribution is -0.0579.